The third-order valence-electron chi connectivity index (χ3n) is 12.4. The van der Waals surface area contributed by atoms with Crippen molar-refractivity contribution in [3.05, 3.63) is 143 Å². The molecule has 0 radical (unpaired) electrons. The van der Waals surface area contributed by atoms with Gasteiger partial charge in [0.05, 0.1) is 0 Å². The Morgan fingerprint density at radius 1 is 0.630 bits per heavy atom. The van der Waals surface area contributed by atoms with Gasteiger partial charge >= 0.3 is 0 Å². The summed E-state index contributed by atoms with van der Waals surface area (Å²) in [4.78, 5) is 0. The molecule has 3 aliphatic rings. The summed E-state index contributed by atoms with van der Waals surface area (Å²) in [5.74, 6) is 0.498. The van der Waals surface area contributed by atoms with Crippen LogP contribution in [-0.4, -0.2) is 5.11 Å². The summed E-state index contributed by atoms with van der Waals surface area (Å²) in [5, 5.41) is 12.7. The summed E-state index contributed by atoms with van der Waals surface area (Å²) in [6.45, 7) is 33.1. The highest BCUT2D eigenvalue weighted by Gasteiger charge is 2.37. The smallest absolute Gasteiger partial charge is 0.127 e. The standard InChI is InChI=1S/C53H72O/c1-38-43(28-34-52(12)30-16-14-17-31-52)45(39-20-24-41(25-21-39)50(8,9)36-48(2,3)4)46(47(54)44(38)29-35-53(13)32-18-15-19-33-53)40-22-26-42(27-23-40)51(10,11)37-49(5,6)7/h14-27,30,32,43,54H,1,28-29,31,33-37H2,2-13H3. The number of hydrogen-bond donors (Lipinski definition) is 1. The van der Waals surface area contributed by atoms with Gasteiger partial charge in [0.1, 0.15) is 5.76 Å². The Hall–Kier alpha value is -3.58. The number of aliphatic hydroxyl groups excluding tert-OH is 1. The molecule has 0 heterocycles. The van der Waals surface area contributed by atoms with Crippen molar-refractivity contribution in [3.63, 3.8) is 0 Å². The van der Waals surface area contributed by atoms with Crippen molar-refractivity contribution in [3.8, 4) is 0 Å². The molecule has 0 aromatic heterocycles. The Morgan fingerprint density at radius 3 is 1.50 bits per heavy atom. The molecule has 3 aliphatic carbocycles. The van der Waals surface area contributed by atoms with Gasteiger partial charge in [0.15, 0.2) is 0 Å². The Labute approximate surface area is 330 Å². The average Bonchev–Trinajstić information content (AvgIpc) is 3.06. The first kappa shape index (κ1) is 41.6. The van der Waals surface area contributed by atoms with E-state index in [4.69, 9.17) is 6.58 Å². The van der Waals surface area contributed by atoms with Gasteiger partial charge < -0.3 is 5.11 Å². The number of allylic oxidation sites excluding steroid dienone is 12. The Morgan fingerprint density at radius 2 is 1.07 bits per heavy atom. The third-order valence-corrected chi connectivity index (χ3v) is 12.4. The van der Waals surface area contributed by atoms with Crippen molar-refractivity contribution < 1.29 is 5.11 Å². The lowest BCUT2D eigenvalue weighted by atomic mass is 9.67. The van der Waals surface area contributed by atoms with E-state index in [0.29, 0.717) is 5.76 Å². The lowest BCUT2D eigenvalue weighted by Gasteiger charge is -2.37. The first-order valence-corrected chi connectivity index (χ1v) is 20.8. The van der Waals surface area contributed by atoms with Crippen molar-refractivity contribution in [2.45, 2.75) is 145 Å². The van der Waals surface area contributed by atoms with Gasteiger partial charge in [0, 0.05) is 11.5 Å². The molecule has 0 fully saturated rings. The van der Waals surface area contributed by atoms with Gasteiger partial charge in [-0.3, -0.25) is 0 Å². The van der Waals surface area contributed by atoms with Crippen molar-refractivity contribution >= 4 is 11.1 Å². The van der Waals surface area contributed by atoms with Crippen LogP contribution in [0.1, 0.15) is 157 Å². The predicted molar refractivity (Wildman–Crippen MR) is 237 cm³/mol. The fraction of sp³-hybridized carbons (Fsp3) is 0.509. The van der Waals surface area contributed by atoms with Gasteiger partial charge in [0.25, 0.3) is 0 Å². The molecule has 3 unspecified atom stereocenters. The molecule has 0 amide bonds. The quantitative estimate of drug-likeness (QED) is 0.231. The molecule has 290 valence electrons. The predicted octanol–water partition coefficient (Wildman–Crippen LogP) is 15.6. The van der Waals surface area contributed by atoms with Crippen molar-refractivity contribution in [1.82, 2.24) is 0 Å². The zero-order valence-corrected chi connectivity index (χ0v) is 36.1. The highest BCUT2D eigenvalue weighted by Crippen LogP contribution is 2.52. The number of aliphatic hydroxyl groups is 1. The van der Waals surface area contributed by atoms with Crippen LogP contribution in [0.2, 0.25) is 0 Å². The maximum absolute atomic E-state index is 12.7. The van der Waals surface area contributed by atoms with E-state index >= 15 is 0 Å². The lowest BCUT2D eigenvalue weighted by Crippen LogP contribution is -2.25. The third kappa shape index (κ3) is 9.99. The summed E-state index contributed by atoms with van der Waals surface area (Å²) in [6, 6.07) is 18.5. The summed E-state index contributed by atoms with van der Waals surface area (Å²) in [6.07, 6.45) is 26.1. The van der Waals surface area contributed by atoms with Gasteiger partial charge in [0.2, 0.25) is 0 Å². The second kappa shape index (κ2) is 15.5. The minimum Gasteiger partial charge on any atom is -0.507 e. The summed E-state index contributed by atoms with van der Waals surface area (Å²) in [5.41, 5.74) is 9.97. The summed E-state index contributed by atoms with van der Waals surface area (Å²) >= 11 is 0. The fourth-order valence-electron chi connectivity index (χ4n) is 10.1. The highest BCUT2D eigenvalue weighted by molar-refractivity contribution is 6.01. The SMILES string of the molecule is C=C1C(CCC2(C)C=CC=CC2)=C(O)C(c2ccc(C(C)(C)CC(C)(C)C)cc2)=C(c2ccc(C(C)(C)CC(C)(C)C)cc2)C1CCC1(C)C=CC=CC1. The van der Waals surface area contributed by atoms with Crippen LogP contribution in [0.25, 0.3) is 11.1 Å². The molecule has 2 aromatic carbocycles. The maximum Gasteiger partial charge on any atom is 0.127 e. The van der Waals surface area contributed by atoms with Crippen LogP contribution < -0.4 is 0 Å². The first-order valence-electron chi connectivity index (χ1n) is 20.8. The van der Waals surface area contributed by atoms with Crippen LogP contribution in [-0.2, 0) is 10.8 Å². The number of rotatable bonds is 12. The molecule has 2 aromatic rings. The molecule has 0 saturated heterocycles. The van der Waals surface area contributed by atoms with Gasteiger partial charge in [-0.2, -0.15) is 0 Å². The van der Waals surface area contributed by atoms with Crippen LogP contribution in [0.15, 0.2) is 121 Å². The normalized spacial score (nSPS) is 23.9. The molecule has 0 aliphatic heterocycles. The molecule has 0 spiro atoms. The molecular formula is C53H72O. The fourth-order valence-corrected chi connectivity index (χ4v) is 10.1. The van der Waals surface area contributed by atoms with Gasteiger partial charge in [-0.15, -0.1) is 0 Å². The molecule has 5 rings (SSSR count). The summed E-state index contributed by atoms with van der Waals surface area (Å²) in [7, 11) is 0. The molecular weight excluding hydrogens is 653 g/mol. The Bertz CT molecular complexity index is 1850. The van der Waals surface area contributed by atoms with Crippen LogP contribution >= 0.6 is 0 Å². The first-order chi connectivity index (χ1) is 25.0. The number of hydrogen-bond acceptors (Lipinski definition) is 1. The molecule has 0 saturated carbocycles. The zero-order chi connectivity index (χ0) is 39.7. The van der Waals surface area contributed by atoms with Crippen molar-refractivity contribution in [1.29, 1.82) is 0 Å². The molecule has 1 heteroatoms. The molecule has 1 nitrogen and oxygen atoms in total. The largest absolute Gasteiger partial charge is 0.507 e. The van der Waals surface area contributed by atoms with E-state index in [1.54, 1.807) is 0 Å². The van der Waals surface area contributed by atoms with Gasteiger partial charge in [-0.1, -0.05) is 187 Å². The minimum absolute atomic E-state index is 0.0327. The minimum atomic E-state index is 0.0327. The van der Waals surface area contributed by atoms with Gasteiger partial charge in [-0.05, 0) is 123 Å². The number of benzene rings is 2. The zero-order valence-electron chi connectivity index (χ0n) is 36.1. The van der Waals surface area contributed by atoms with Crippen LogP contribution in [0.3, 0.4) is 0 Å². The summed E-state index contributed by atoms with van der Waals surface area (Å²) < 4.78 is 0. The monoisotopic (exact) mass is 725 g/mol. The maximum atomic E-state index is 12.7. The highest BCUT2D eigenvalue weighted by atomic mass is 16.3. The molecule has 1 N–H and O–H groups in total. The van der Waals surface area contributed by atoms with E-state index in [-0.39, 0.29) is 38.4 Å². The van der Waals surface area contributed by atoms with Crippen LogP contribution in [0.5, 0.6) is 0 Å². The second-order valence-corrected chi connectivity index (χ2v) is 21.4. The molecule has 54 heavy (non-hydrogen) atoms. The van der Waals surface area contributed by atoms with E-state index in [1.807, 2.05) is 0 Å². The van der Waals surface area contributed by atoms with Crippen LogP contribution in [0.4, 0.5) is 0 Å². The second-order valence-electron chi connectivity index (χ2n) is 21.4. The molecule has 0 bridgehead atoms. The Kier molecular flexibility index (Phi) is 11.9. The Balaban J connectivity index is 1.68. The van der Waals surface area contributed by atoms with E-state index in [9.17, 15) is 5.11 Å². The van der Waals surface area contributed by atoms with Crippen molar-refractivity contribution in [2.75, 3.05) is 0 Å². The van der Waals surface area contributed by atoms with E-state index < -0.39 is 0 Å². The van der Waals surface area contributed by atoms with Crippen LogP contribution in [0, 0.1) is 27.6 Å². The van der Waals surface area contributed by atoms with E-state index in [1.165, 1.54) is 22.3 Å². The lowest BCUT2D eigenvalue weighted by molar-refractivity contribution is 0.283. The van der Waals surface area contributed by atoms with Gasteiger partial charge in [-0.25, -0.2) is 0 Å². The van der Waals surface area contributed by atoms with E-state index in [2.05, 4.69) is 180 Å². The topological polar surface area (TPSA) is 20.2 Å². The van der Waals surface area contributed by atoms with Crippen molar-refractivity contribution in [2.24, 2.45) is 27.6 Å². The molecule has 3 atom stereocenters. The van der Waals surface area contributed by atoms with E-state index in [0.717, 1.165) is 73.6 Å². The average molecular weight is 725 g/mol.